The van der Waals surface area contributed by atoms with Crippen molar-refractivity contribution in [3.05, 3.63) is 59.0 Å². The molecule has 1 unspecified atom stereocenters. The molecule has 3 heterocycles. The third-order valence-corrected chi connectivity index (χ3v) is 7.10. The first-order valence-electron chi connectivity index (χ1n) is 12.4. The number of methoxy groups -OCH3 is 1. The highest BCUT2D eigenvalue weighted by Crippen LogP contribution is 2.37. The van der Waals surface area contributed by atoms with Gasteiger partial charge in [0.25, 0.3) is 5.89 Å². The predicted octanol–water partition coefficient (Wildman–Crippen LogP) is 5.04. The van der Waals surface area contributed by atoms with Crippen LogP contribution in [0.5, 0.6) is 11.5 Å². The fourth-order valence-electron chi connectivity index (χ4n) is 5.03. The van der Waals surface area contributed by atoms with E-state index in [0.29, 0.717) is 41.3 Å². The first-order chi connectivity index (χ1) is 17.4. The highest BCUT2D eigenvalue weighted by Gasteiger charge is 2.25. The number of nitrogens with zero attached hydrogens (tertiary/aromatic N) is 3. The summed E-state index contributed by atoms with van der Waals surface area (Å²) in [6.45, 7) is 8.62. The Morgan fingerprint density at radius 2 is 1.89 bits per heavy atom. The zero-order chi connectivity index (χ0) is 25.2. The van der Waals surface area contributed by atoms with Gasteiger partial charge in [0.05, 0.1) is 12.5 Å². The van der Waals surface area contributed by atoms with Crippen LogP contribution in [0.2, 0.25) is 0 Å². The molecule has 4 aromatic rings. The van der Waals surface area contributed by atoms with E-state index < -0.39 is 6.10 Å². The van der Waals surface area contributed by atoms with E-state index in [2.05, 4.69) is 41.1 Å². The van der Waals surface area contributed by atoms with Crippen LogP contribution in [-0.4, -0.2) is 59.7 Å². The summed E-state index contributed by atoms with van der Waals surface area (Å²) >= 11 is 0. The molecule has 0 bridgehead atoms. The number of furan rings is 1. The van der Waals surface area contributed by atoms with Crippen molar-refractivity contribution >= 4 is 11.0 Å². The van der Waals surface area contributed by atoms with Gasteiger partial charge in [-0.05, 0) is 74.5 Å². The Bertz CT molecular complexity index is 1340. The number of benzene rings is 2. The molecule has 36 heavy (non-hydrogen) atoms. The fraction of sp³-hybridized carbons (Fsp3) is 0.429. The van der Waals surface area contributed by atoms with Crippen LogP contribution in [0.4, 0.5) is 0 Å². The lowest BCUT2D eigenvalue weighted by molar-refractivity contribution is 0.0598. The number of fused-ring (bicyclic) bond motifs is 1. The summed E-state index contributed by atoms with van der Waals surface area (Å²) < 4.78 is 23.1. The number of hydrogen-bond donors (Lipinski definition) is 1. The SMILES string of the molecule is COc1c(C2CCN(CC(O)COc3cccc4oc(-c5nnc(C)o5)cc34)CC2)ccc(C)c1C. The number of aliphatic hydroxyl groups excluding tert-OH is 1. The zero-order valence-corrected chi connectivity index (χ0v) is 21.3. The van der Waals surface area contributed by atoms with Crippen molar-refractivity contribution in [3.63, 3.8) is 0 Å². The third kappa shape index (κ3) is 4.96. The minimum atomic E-state index is -0.599. The van der Waals surface area contributed by atoms with Crippen molar-refractivity contribution in [3.8, 4) is 23.1 Å². The number of aryl methyl sites for hydroxylation is 2. The van der Waals surface area contributed by atoms with Crippen molar-refractivity contribution < 1.29 is 23.4 Å². The van der Waals surface area contributed by atoms with Gasteiger partial charge in [-0.25, -0.2) is 0 Å². The lowest BCUT2D eigenvalue weighted by Gasteiger charge is -2.34. The van der Waals surface area contributed by atoms with Crippen LogP contribution in [0.15, 0.2) is 45.2 Å². The molecule has 1 aliphatic heterocycles. The second kappa shape index (κ2) is 10.3. The van der Waals surface area contributed by atoms with Crippen LogP contribution < -0.4 is 9.47 Å². The minimum absolute atomic E-state index is 0.199. The van der Waals surface area contributed by atoms with E-state index in [9.17, 15) is 5.11 Å². The van der Waals surface area contributed by atoms with Gasteiger partial charge in [0.1, 0.15) is 29.8 Å². The molecule has 1 atom stereocenters. The van der Waals surface area contributed by atoms with Gasteiger partial charge in [0, 0.05) is 19.5 Å². The van der Waals surface area contributed by atoms with E-state index in [1.807, 2.05) is 24.3 Å². The van der Waals surface area contributed by atoms with E-state index in [-0.39, 0.29) is 6.61 Å². The van der Waals surface area contributed by atoms with E-state index in [0.717, 1.165) is 37.1 Å². The topological polar surface area (TPSA) is 94.0 Å². The number of aliphatic hydroxyl groups is 1. The zero-order valence-electron chi connectivity index (χ0n) is 21.3. The maximum absolute atomic E-state index is 10.7. The largest absolute Gasteiger partial charge is 0.496 e. The molecule has 1 aliphatic rings. The molecule has 8 heteroatoms. The van der Waals surface area contributed by atoms with Crippen molar-refractivity contribution in [2.24, 2.45) is 0 Å². The van der Waals surface area contributed by atoms with Gasteiger partial charge in [0.2, 0.25) is 5.89 Å². The van der Waals surface area contributed by atoms with Gasteiger partial charge in [-0.2, -0.15) is 0 Å². The van der Waals surface area contributed by atoms with Crippen LogP contribution in [0.3, 0.4) is 0 Å². The molecule has 190 valence electrons. The predicted molar refractivity (Wildman–Crippen MR) is 137 cm³/mol. The lowest BCUT2D eigenvalue weighted by atomic mass is 9.87. The third-order valence-electron chi connectivity index (χ3n) is 7.10. The maximum atomic E-state index is 10.7. The van der Waals surface area contributed by atoms with E-state index in [4.69, 9.17) is 18.3 Å². The molecule has 5 rings (SSSR count). The Hall–Kier alpha value is -3.36. The molecule has 0 radical (unpaired) electrons. The molecule has 0 spiro atoms. The quantitative estimate of drug-likeness (QED) is 0.367. The fourth-order valence-corrected chi connectivity index (χ4v) is 5.03. The normalized spacial score (nSPS) is 15.9. The van der Waals surface area contributed by atoms with Crippen molar-refractivity contribution in [1.82, 2.24) is 15.1 Å². The van der Waals surface area contributed by atoms with Gasteiger partial charge in [-0.3, -0.25) is 0 Å². The van der Waals surface area contributed by atoms with E-state index in [1.165, 1.54) is 16.7 Å². The molecule has 0 amide bonds. The van der Waals surface area contributed by atoms with Gasteiger partial charge < -0.3 is 28.3 Å². The summed E-state index contributed by atoms with van der Waals surface area (Å²) in [7, 11) is 1.76. The second-order valence-electron chi connectivity index (χ2n) is 9.57. The van der Waals surface area contributed by atoms with Crippen LogP contribution in [0.25, 0.3) is 22.6 Å². The molecular weight excluding hydrogens is 458 g/mol. The Morgan fingerprint density at radius 1 is 1.08 bits per heavy atom. The summed E-state index contributed by atoms with van der Waals surface area (Å²) in [5.74, 6) is 3.44. The van der Waals surface area contributed by atoms with E-state index >= 15 is 0 Å². The molecule has 1 N–H and O–H groups in total. The number of β-amino-alcohol motifs (C(OH)–C–C–N with tert-alkyl or cyclic N) is 1. The molecule has 0 saturated carbocycles. The van der Waals surface area contributed by atoms with Crippen LogP contribution >= 0.6 is 0 Å². The minimum Gasteiger partial charge on any atom is -0.496 e. The number of hydrogen-bond acceptors (Lipinski definition) is 8. The van der Waals surface area contributed by atoms with E-state index in [1.54, 1.807) is 14.0 Å². The lowest BCUT2D eigenvalue weighted by Crippen LogP contribution is -2.40. The molecule has 1 fully saturated rings. The first kappa shape index (κ1) is 24.3. The summed E-state index contributed by atoms with van der Waals surface area (Å²) in [6.07, 6.45) is 1.48. The number of piperidine rings is 1. The summed E-state index contributed by atoms with van der Waals surface area (Å²) in [5.41, 5.74) is 4.43. The monoisotopic (exact) mass is 491 g/mol. The van der Waals surface area contributed by atoms with Gasteiger partial charge in [-0.1, -0.05) is 18.2 Å². The smallest absolute Gasteiger partial charge is 0.283 e. The number of rotatable bonds is 8. The molecule has 1 saturated heterocycles. The maximum Gasteiger partial charge on any atom is 0.283 e. The van der Waals surface area contributed by atoms with Gasteiger partial charge in [-0.15, -0.1) is 10.2 Å². The Kier molecular flexibility index (Phi) is 6.98. The molecule has 2 aromatic carbocycles. The molecule has 2 aromatic heterocycles. The highest BCUT2D eigenvalue weighted by atomic mass is 16.5. The Morgan fingerprint density at radius 3 is 2.61 bits per heavy atom. The van der Waals surface area contributed by atoms with Gasteiger partial charge >= 0.3 is 0 Å². The summed E-state index contributed by atoms with van der Waals surface area (Å²) in [4.78, 5) is 2.31. The second-order valence-corrected chi connectivity index (χ2v) is 9.57. The number of aromatic nitrogens is 2. The Labute approximate surface area is 210 Å². The average molecular weight is 492 g/mol. The van der Waals surface area contributed by atoms with Crippen molar-refractivity contribution in [1.29, 1.82) is 0 Å². The van der Waals surface area contributed by atoms with Crippen LogP contribution in [0.1, 0.15) is 41.3 Å². The standard InChI is InChI=1S/C28H33N3O5/c1-17-8-9-22(27(33-4)18(17)2)20-10-12-31(13-11-20)15-21(32)16-34-24-6-5-7-25-23(24)14-26(36-25)28-30-29-19(3)35-28/h5-9,14,20-21,32H,10-13,15-16H2,1-4H3. The number of ether oxygens (including phenoxy) is 2. The van der Waals surface area contributed by atoms with Crippen LogP contribution in [0, 0.1) is 20.8 Å². The van der Waals surface area contributed by atoms with Crippen LogP contribution in [-0.2, 0) is 0 Å². The van der Waals surface area contributed by atoms with Gasteiger partial charge in [0.15, 0.2) is 5.76 Å². The molecule has 8 nitrogen and oxygen atoms in total. The summed E-state index contributed by atoms with van der Waals surface area (Å²) in [5, 5.41) is 19.4. The average Bonchev–Trinajstić information content (AvgIpc) is 3.51. The molecular formula is C28H33N3O5. The van der Waals surface area contributed by atoms with Crippen molar-refractivity contribution in [2.75, 3.05) is 33.4 Å². The highest BCUT2D eigenvalue weighted by molar-refractivity contribution is 5.87. The first-order valence-corrected chi connectivity index (χ1v) is 12.4. The Balaban J connectivity index is 1.17. The summed E-state index contributed by atoms with van der Waals surface area (Å²) in [6, 6.07) is 11.8. The van der Waals surface area contributed by atoms with Crippen molar-refractivity contribution in [2.45, 2.75) is 45.6 Å². The number of likely N-dealkylation sites (tertiary alicyclic amines) is 1. The molecule has 0 aliphatic carbocycles.